The fourth-order valence-electron chi connectivity index (χ4n) is 3.20. The van der Waals surface area contributed by atoms with Gasteiger partial charge in [-0.3, -0.25) is 9.10 Å². The Morgan fingerprint density at radius 3 is 2.61 bits per heavy atom. The first-order valence-corrected chi connectivity index (χ1v) is 11.1. The van der Waals surface area contributed by atoms with E-state index >= 15 is 0 Å². The smallest absolute Gasteiger partial charge is 0.264 e. The van der Waals surface area contributed by atoms with E-state index in [2.05, 4.69) is 12.2 Å². The molecule has 1 aliphatic heterocycles. The van der Waals surface area contributed by atoms with Gasteiger partial charge in [-0.1, -0.05) is 38.0 Å². The van der Waals surface area contributed by atoms with Gasteiger partial charge in [0.1, 0.15) is 5.75 Å². The second-order valence-electron chi connectivity index (χ2n) is 6.77. The number of hydrogen-bond donors (Lipinski definition) is 1. The van der Waals surface area contributed by atoms with Gasteiger partial charge >= 0.3 is 0 Å². The van der Waals surface area contributed by atoms with Gasteiger partial charge in [-0.25, -0.2) is 8.42 Å². The van der Waals surface area contributed by atoms with Crippen molar-refractivity contribution < 1.29 is 17.9 Å². The summed E-state index contributed by atoms with van der Waals surface area (Å²) in [6.45, 7) is 3.11. The molecule has 0 aromatic heterocycles. The maximum Gasteiger partial charge on any atom is 0.264 e. The number of carbonyl (C=O) groups is 1. The second kappa shape index (κ2) is 9.10. The Morgan fingerprint density at radius 2 is 1.86 bits per heavy atom. The Hall–Kier alpha value is -2.54. The molecule has 0 spiro atoms. The van der Waals surface area contributed by atoms with Gasteiger partial charge in [0.25, 0.3) is 15.9 Å². The highest BCUT2D eigenvalue weighted by molar-refractivity contribution is 7.92. The van der Waals surface area contributed by atoms with Crippen molar-refractivity contribution in [2.24, 2.45) is 0 Å². The number of para-hydroxylation sites is 1. The van der Waals surface area contributed by atoms with Crippen molar-refractivity contribution >= 4 is 21.6 Å². The van der Waals surface area contributed by atoms with Crippen LogP contribution in [0.1, 0.15) is 31.7 Å². The van der Waals surface area contributed by atoms with E-state index in [4.69, 9.17) is 4.74 Å². The lowest BCUT2D eigenvalue weighted by Crippen LogP contribution is -2.30. The Balaban J connectivity index is 1.59. The fourth-order valence-corrected chi connectivity index (χ4v) is 4.70. The number of ether oxygens (including phenoxy) is 1. The molecule has 0 saturated heterocycles. The van der Waals surface area contributed by atoms with E-state index in [1.54, 1.807) is 12.1 Å². The SMILES string of the molecule is CCCCCNC(=O)COc1ccc(S(=O)(=O)N2CCc3ccccc32)cc1. The molecule has 28 heavy (non-hydrogen) atoms. The first kappa shape index (κ1) is 20.2. The molecule has 150 valence electrons. The quantitative estimate of drug-likeness (QED) is 0.654. The zero-order chi connectivity index (χ0) is 20.0. The molecule has 6 nitrogen and oxygen atoms in total. The summed E-state index contributed by atoms with van der Waals surface area (Å²) in [5, 5.41) is 2.80. The number of benzene rings is 2. The van der Waals surface area contributed by atoms with Crippen LogP contribution in [0.2, 0.25) is 0 Å². The van der Waals surface area contributed by atoms with Crippen LogP contribution in [0.4, 0.5) is 5.69 Å². The monoisotopic (exact) mass is 402 g/mol. The third-order valence-electron chi connectivity index (χ3n) is 4.73. The number of rotatable bonds is 9. The Morgan fingerprint density at radius 1 is 1.11 bits per heavy atom. The van der Waals surface area contributed by atoms with Crippen molar-refractivity contribution in [2.45, 2.75) is 37.5 Å². The van der Waals surface area contributed by atoms with Crippen LogP contribution < -0.4 is 14.4 Å². The van der Waals surface area contributed by atoms with Crippen molar-refractivity contribution in [1.82, 2.24) is 5.32 Å². The molecule has 0 atom stereocenters. The normalized spacial score (nSPS) is 13.2. The molecule has 1 amide bonds. The van der Waals surface area contributed by atoms with Crippen molar-refractivity contribution in [2.75, 3.05) is 24.0 Å². The Labute approximate surface area is 166 Å². The lowest BCUT2D eigenvalue weighted by Gasteiger charge is -2.19. The minimum absolute atomic E-state index is 0.0856. The Bertz CT molecular complexity index is 910. The molecule has 1 heterocycles. The number of nitrogens with one attached hydrogen (secondary N) is 1. The molecule has 0 saturated carbocycles. The summed E-state index contributed by atoms with van der Waals surface area (Å²) in [7, 11) is -3.62. The van der Waals surface area contributed by atoms with Crippen LogP contribution in [0.3, 0.4) is 0 Å². The highest BCUT2D eigenvalue weighted by Crippen LogP contribution is 2.32. The standard InChI is InChI=1S/C21H26N2O4S/c1-2-3-6-14-22-21(24)16-27-18-9-11-19(12-10-18)28(25,26)23-15-13-17-7-4-5-8-20(17)23/h4-5,7-12H,2-3,6,13-16H2,1H3,(H,22,24). The number of nitrogens with zero attached hydrogens (tertiary/aromatic N) is 1. The number of unbranched alkanes of at least 4 members (excludes halogenated alkanes) is 2. The van der Waals surface area contributed by atoms with E-state index in [1.165, 1.54) is 16.4 Å². The first-order valence-electron chi connectivity index (χ1n) is 9.62. The van der Waals surface area contributed by atoms with Gasteiger partial charge in [-0.05, 0) is 48.7 Å². The maximum atomic E-state index is 13.0. The van der Waals surface area contributed by atoms with Crippen LogP contribution in [0.5, 0.6) is 5.75 Å². The number of amides is 1. The minimum atomic E-state index is -3.62. The van der Waals surface area contributed by atoms with E-state index in [9.17, 15) is 13.2 Å². The summed E-state index contributed by atoms with van der Waals surface area (Å²) in [4.78, 5) is 12.0. The molecule has 0 unspecified atom stereocenters. The molecule has 3 rings (SSSR count). The van der Waals surface area contributed by atoms with Crippen molar-refractivity contribution in [3.05, 3.63) is 54.1 Å². The highest BCUT2D eigenvalue weighted by atomic mass is 32.2. The average molecular weight is 403 g/mol. The van der Waals surface area contributed by atoms with E-state index in [0.29, 0.717) is 25.3 Å². The molecule has 2 aromatic carbocycles. The molecule has 1 N–H and O–H groups in total. The van der Waals surface area contributed by atoms with E-state index in [-0.39, 0.29) is 17.4 Å². The van der Waals surface area contributed by atoms with E-state index in [0.717, 1.165) is 30.5 Å². The molecule has 2 aromatic rings. The van der Waals surface area contributed by atoms with Gasteiger partial charge in [0, 0.05) is 13.1 Å². The lowest BCUT2D eigenvalue weighted by molar-refractivity contribution is -0.123. The molecule has 1 aliphatic rings. The van der Waals surface area contributed by atoms with Gasteiger partial charge in [-0.15, -0.1) is 0 Å². The molecular formula is C21H26N2O4S. The summed E-state index contributed by atoms with van der Waals surface area (Å²) < 4.78 is 32.8. The summed E-state index contributed by atoms with van der Waals surface area (Å²) in [6, 6.07) is 13.7. The number of carbonyl (C=O) groups excluding carboxylic acids is 1. The van der Waals surface area contributed by atoms with Crippen LogP contribution >= 0.6 is 0 Å². The van der Waals surface area contributed by atoms with Crippen LogP contribution in [0.15, 0.2) is 53.4 Å². The van der Waals surface area contributed by atoms with Crippen LogP contribution in [0.25, 0.3) is 0 Å². The van der Waals surface area contributed by atoms with Crippen LogP contribution in [-0.4, -0.2) is 34.0 Å². The fraction of sp³-hybridized carbons (Fsp3) is 0.381. The second-order valence-corrected chi connectivity index (χ2v) is 8.64. The van der Waals surface area contributed by atoms with Gasteiger partial charge < -0.3 is 10.1 Å². The minimum Gasteiger partial charge on any atom is -0.484 e. The van der Waals surface area contributed by atoms with Crippen molar-refractivity contribution in [3.8, 4) is 5.75 Å². The number of sulfonamides is 1. The largest absolute Gasteiger partial charge is 0.484 e. The molecule has 0 fully saturated rings. The van der Waals surface area contributed by atoms with Crippen LogP contribution in [-0.2, 0) is 21.2 Å². The highest BCUT2D eigenvalue weighted by Gasteiger charge is 2.30. The molecule has 0 radical (unpaired) electrons. The number of fused-ring (bicyclic) bond motifs is 1. The predicted octanol–water partition coefficient (Wildman–Crippen LogP) is 3.12. The van der Waals surface area contributed by atoms with E-state index in [1.807, 2.05) is 24.3 Å². The predicted molar refractivity (Wildman–Crippen MR) is 109 cm³/mol. The van der Waals surface area contributed by atoms with Crippen molar-refractivity contribution in [1.29, 1.82) is 0 Å². The van der Waals surface area contributed by atoms with E-state index < -0.39 is 10.0 Å². The molecule has 7 heteroatoms. The number of anilines is 1. The molecule has 0 bridgehead atoms. The third kappa shape index (κ3) is 4.65. The zero-order valence-electron chi connectivity index (χ0n) is 16.1. The summed E-state index contributed by atoms with van der Waals surface area (Å²) in [5.74, 6) is 0.283. The zero-order valence-corrected chi connectivity index (χ0v) is 16.9. The Kier molecular flexibility index (Phi) is 6.57. The van der Waals surface area contributed by atoms with Gasteiger partial charge in [0.15, 0.2) is 6.61 Å². The van der Waals surface area contributed by atoms with Crippen molar-refractivity contribution in [3.63, 3.8) is 0 Å². The van der Waals surface area contributed by atoms with Gasteiger partial charge in [0.2, 0.25) is 0 Å². The van der Waals surface area contributed by atoms with Gasteiger partial charge in [-0.2, -0.15) is 0 Å². The topological polar surface area (TPSA) is 75.7 Å². The molecule has 0 aliphatic carbocycles. The van der Waals surface area contributed by atoms with Gasteiger partial charge in [0.05, 0.1) is 10.6 Å². The lowest BCUT2D eigenvalue weighted by atomic mass is 10.2. The summed E-state index contributed by atoms with van der Waals surface area (Å²) >= 11 is 0. The number of hydrogen-bond acceptors (Lipinski definition) is 4. The summed E-state index contributed by atoms with van der Waals surface area (Å²) in [5.41, 5.74) is 1.78. The third-order valence-corrected chi connectivity index (χ3v) is 6.56. The average Bonchev–Trinajstić information content (AvgIpc) is 3.15. The maximum absolute atomic E-state index is 13.0. The summed E-state index contributed by atoms with van der Waals surface area (Å²) in [6.07, 6.45) is 3.85. The molecular weight excluding hydrogens is 376 g/mol. The van der Waals surface area contributed by atoms with Crippen LogP contribution in [0, 0.1) is 0 Å². The first-order chi connectivity index (χ1) is 13.5.